The van der Waals surface area contributed by atoms with Gasteiger partial charge in [0.1, 0.15) is 5.92 Å². The maximum absolute atomic E-state index is 12.7. The van der Waals surface area contributed by atoms with Crippen molar-refractivity contribution in [2.75, 3.05) is 6.54 Å². The first-order valence-electron chi connectivity index (χ1n) is 6.62. The molecule has 0 saturated heterocycles. The van der Waals surface area contributed by atoms with Gasteiger partial charge in [0, 0.05) is 12.6 Å². The number of halogens is 3. The van der Waals surface area contributed by atoms with Gasteiger partial charge < -0.3 is 16.3 Å². The number of oxime groups is 1. The zero-order chi connectivity index (χ0) is 14.5. The van der Waals surface area contributed by atoms with E-state index in [1.807, 2.05) is 0 Å². The summed E-state index contributed by atoms with van der Waals surface area (Å²) >= 11 is 0. The van der Waals surface area contributed by atoms with Crippen molar-refractivity contribution in [3.05, 3.63) is 0 Å². The maximum Gasteiger partial charge on any atom is 0.400 e. The van der Waals surface area contributed by atoms with E-state index >= 15 is 0 Å². The van der Waals surface area contributed by atoms with Gasteiger partial charge in [-0.05, 0) is 25.2 Å². The summed E-state index contributed by atoms with van der Waals surface area (Å²) in [5.74, 6) is -2.09. The second-order valence-corrected chi connectivity index (χ2v) is 5.34. The molecular weight excluding hydrogens is 259 g/mol. The molecule has 3 unspecified atom stereocenters. The van der Waals surface area contributed by atoms with Crippen LogP contribution in [0.2, 0.25) is 0 Å². The monoisotopic (exact) mass is 281 g/mol. The van der Waals surface area contributed by atoms with Crippen LogP contribution in [-0.2, 0) is 0 Å². The summed E-state index contributed by atoms with van der Waals surface area (Å²) in [5, 5.41) is 13.8. The number of nitrogens with zero attached hydrogens (tertiary/aromatic N) is 1. The molecule has 4 nitrogen and oxygen atoms in total. The molecule has 0 aromatic heterocycles. The fourth-order valence-corrected chi connectivity index (χ4v) is 2.43. The minimum atomic E-state index is -4.50. The fraction of sp³-hybridized carbons (Fsp3) is 0.917. The number of rotatable bonds is 4. The van der Waals surface area contributed by atoms with Gasteiger partial charge in [-0.25, -0.2) is 0 Å². The van der Waals surface area contributed by atoms with Crippen molar-refractivity contribution < 1.29 is 18.4 Å². The van der Waals surface area contributed by atoms with E-state index in [1.165, 1.54) is 0 Å². The van der Waals surface area contributed by atoms with E-state index in [0.29, 0.717) is 5.92 Å². The highest BCUT2D eigenvalue weighted by atomic mass is 19.4. The highest BCUT2D eigenvalue weighted by molar-refractivity contribution is 5.83. The highest BCUT2D eigenvalue weighted by Crippen LogP contribution is 2.27. The first kappa shape index (κ1) is 16.1. The van der Waals surface area contributed by atoms with Crippen molar-refractivity contribution in [2.24, 2.45) is 22.7 Å². The first-order chi connectivity index (χ1) is 8.84. The average molecular weight is 281 g/mol. The van der Waals surface area contributed by atoms with Gasteiger partial charge >= 0.3 is 6.18 Å². The number of hydrogen-bond donors (Lipinski definition) is 3. The van der Waals surface area contributed by atoms with Gasteiger partial charge in [-0.3, -0.25) is 0 Å². The molecule has 0 radical (unpaired) electrons. The lowest BCUT2D eigenvalue weighted by atomic mass is 10.0. The second kappa shape index (κ2) is 6.98. The Bertz CT molecular complexity index is 307. The topological polar surface area (TPSA) is 70.6 Å². The molecule has 112 valence electrons. The van der Waals surface area contributed by atoms with Crippen LogP contribution in [0.25, 0.3) is 0 Å². The molecule has 7 heteroatoms. The van der Waals surface area contributed by atoms with Crippen LogP contribution in [0.15, 0.2) is 5.16 Å². The summed E-state index contributed by atoms with van der Waals surface area (Å²) in [7, 11) is 0. The minimum Gasteiger partial charge on any atom is -0.409 e. The zero-order valence-electron chi connectivity index (χ0n) is 11.1. The third-order valence-electron chi connectivity index (χ3n) is 3.74. The van der Waals surface area contributed by atoms with Gasteiger partial charge in [0.15, 0.2) is 5.84 Å². The Kier molecular flexibility index (Phi) is 5.90. The SMILES string of the molecule is CC1CCCC(NCC(C(N)=NO)C(F)(F)F)CC1. The van der Waals surface area contributed by atoms with Crippen LogP contribution in [0.1, 0.15) is 39.0 Å². The van der Waals surface area contributed by atoms with Crippen LogP contribution in [0, 0.1) is 11.8 Å². The molecule has 0 heterocycles. The third kappa shape index (κ3) is 5.26. The lowest BCUT2D eigenvalue weighted by Gasteiger charge is -2.23. The molecular formula is C12H22F3N3O. The van der Waals surface area contributed by atoms with Crippen LogP contribution >= 0.6 is 0 Å². The predicted octanol–water partition coefficient (Wildman–Crippen LogP) is 2.47. The van der Waals surface area contributed by atoms with E-state index in [4.69, 9.17) is 10.9 Å². The molecule has 0 amide bonds. The largest absolute Gasteiger partial charge is 0.409 e. The Morgan fingerprint density at radius 2 is 2.05 bits per heavy atom. The smallest absolute Gasteiger partial charge is 0.400 e. The Morgan fingerprint density at radius 1 is 1.37 bits per heavy atom. The molecule has 0 aliphatic heterocycles. The molecule has 0 aromatic rings. The van der Waals surface area contributed by atoms with Crippen LogP contribution in [-0.4, -0.2) is 29.8 Å². The summed E-state index contributed by atoms with van der Waals surface area (Å²) in [6, 6.07) is 0.0845. The normalized spacial score (nSPS) is 27.9. The molecule has 0 aromatic carbocycles. The molecule has 3 atom stereocenters. The fourth-order valence-electron chi connectivity index (χ4n) is 2.43. The van der Waals surface area contributed by atoms with E-state index in [1.54, 1.807) is 0 Å². The molecule has 1 fully saturated rings. The summed E-state index contributed by atoms with van der Waals surface area (Å²) in [5.41, 5.74) is 5.11. The number of amidine groups is 1. The molecule has 19 heavy (non-hydrogen) atoms. The van der Waals surface area contributed by atoms with Crippen LogP contribution < -0.4 is 11.1 Å². The van der Waals surface area contributed by atoms with Crippen molar-refractivity contribution in [1.82, 2.24) is 5.32 Å². The van der Waals surface area contributed by atoms with Gasteiger partial charge in [0.2, 0.25) is 0 Å². The molecule has 0 spiro atoms. The van der Waals surface area contributed by atoms with E-state index in [9.17, 15) is 13.2 Å². The number of nitrogens with one attached hydrogen (secondary N) is 1. The van der Waals surface area contributed by atoms with Crippen molar-refractivity contribution in [2.45, 2.75) is 51.2 Å². The summed E-state index contributed by atoms with van der Waals surface area (Å²) < 4.78 is 38.2. The summed E-state index contributed by atoms with van der Waals surface area (Å²) in [6.07, 6.45) is 0.437. The van der Waals surface area contributed by atoms with Crippen molar-refractivity contribution in [3.8, 4) is 0 Å². The Morgan fingerprint density at radius 3 is 2.63 bits per heavy atom. The maximum atomic E-state index is 12.7. The standard InChI is InChI=1S/C12H22F3N3O/c1-8-3-2-4-9(6-5-8)17-7-10(11(16)18-19)12(13,14)15/h8-10,17,19H,2-7H2,1H3,(H2,16,18). The molecule has 1 aliphatic carbocycles. The van der Waals surface area contributed by atoms with E-state index in [0.717, 1.165) is 32.1 Å². The Labute approximate surface area is 111 Å². The quantitative estimate of drug-likeness (QED) is 0.244. The third-order valence-corrected chi connectivity index (χ3v) is 3.74. The Hall–Kier alpha value is -0.980. The number of nitrogens with two attached hydrogens (primary N) is 1. The van der Waals surface area contributed by atoms with Crippen molar-refractivity contribution in [3.63, 3.8) is 0 Å². The summed E-state index contributed by atoms with van der Waals surface area (Å²) in [4.78, 5) is 0. The molecule has 4 N–H and O–H groups in total. The van der Waals surface area contributed by atoms with E-state index in [-0.39, 0.29) is 12.6 Å². The van der Waals surface area contributed by atoms with Gasteiger partial charge in [0.05, 0.1) is 0 Å². The molecule has 1 saturated carbocycles. The minimum absolute atomic E-state index is 0.0845. The van der Waals surface area contributed by atoms with Crippen LogP contribution in [0.3, 0.4) is 0 Å². The van der Waals surface area contributed by atoms with Gasteiger partial charge in [0.25, 0.3) is 0 Å². The zero-order valence-corrected chi connectivity index (χ0v) is 11.1. The van der Waals surface area contributed by atoms with Gasteiger partial charge in [-0.15, -0.1) is 0 Å². The number of hydrogen-bond acceptors (Lipinski definition) is 3. The van der Waals surface area contributed by atoms with Crippen molar-refractivity contribution in [1.29, 1.82) is 0 Å². The molecule has 1 aliphatic rings. The molecule has 0 bridgehead atoms. The number of alkyl halides is 3. The second-order valence-electron chi connectivity index (χ2n) is 5.34. The van der Waals surface area contributed by atoms with E-state index in [2.05, 4.69) is 17.4 Å². The van der Waals surface area contributed by atoms with Gasteiger partial charge in [-0.2, -0.15) is 13.2 Å². The summed E-state index contributed by atoms with van der Waals surface area (Å²) in [6.45, 7) is 1.83. The molecule has 1 rings (SSSR count). The van der Waals surface area contributed by atoms with Crippen molar-refractivity contribution >= 4 is 5.84 Å². The van der Waals surface area contributed by atoms with Crippen LogP contribution in [0.5, 0.6) is 0 Å². The lowest BCUT2D eigenvalue weighted by molar-refractivity contribution is -0.155. The first-order valence-corrected chi connectivity index (χ1v) is 6.62. The van der Waals surface area contributed by atoms with Crippen LogP contribution in [0.4, 0.5) is 13.2 Å². The van der Waals surface area contributed by atoms with Gasteiger partial charge in [-0.1, -0.05) is 24.9 Å². The lowest BCUT2D eigenvalue weighted by Crippen LogP contribution is -2.45. The highest BCUT2D eigenvalue weighted by Gasteiger charge is 2.42. The Balaban J connectivity index is 2.52. The van der Waals surface area contributed by atoms with E-state index < -0.39 is 17.9 Å². The predicted molar refractivity (Wildman–Crippen MR) is 67.0 cm³/mol. The average Bonchev–Trinajstić information content (AvgIpc) is 2.52.